The second-order valence-electron chi connectivity index (χ2n) is 7.52. The second kappa shape index (κ2) is 12.0. The van der Waals surface area contributed by atoms with E-state index in [4.69, 9.17) is 20.1 Å². The summed E-state index contributed by atoms with van der Waals surface area (Å²) in [6, 6.07) is 7.87. The van der Waals surface area contributed by atoms with Gasteiger partial charge in [0.05, 0.1) is 24.3 Å². The van der Waals surface area contributed by atoms with Gasteiger partial charge in [-0.05, 0) is 17.2 Å². The first kappa shape index (κ1) is 29.9. The SMILES string of the molecule is [N-]=[N+]=N[C@H]1C[C@H](n2cc(/C=C/c3ccccc3)c(=O)[nH]c2=O)O[C@@H]1COP(=O)(O)OP(=O)(O)OP(=O)(O)O. The molecule has 2 heterocycles. The van der Waals surface area contributed by atoms with Gasteiger partial charge in [0.15, 0.2) is 0 Å². The minimum atomic E-state index is -5.74. The molecule has 2 unspecified atom stereocenters. The molecule has 1 saturated heterocycles. The van der Waals surface area contributed by atoms with E-state index in [0.29, 0.717) is 0 Å². The average Bonchev–Trinajstić information content (AvgIpc) is 3.18. The number of nitrogens with zero attached hydrogens (tertiary/aromatic N) is 4. The van der Waals surface area contributed by atoms with Crippen molar-refractivity contribution in [1.82, 2.24) is 9.55 Å². The van der Waals surface area contributed by atoms with Crippen LogP contribution in [0, 0.1) is 0 Å². The first-order valence-corrected chi connectivity index (χ1v) is 14.8. The van der Waals surface area contributed by atoms with Crippen molar-refractivity contribution in [2.45, 2.75) is 24.8 Å². The van der Waals surface area contributed by atoms with Crippen LogP contribution in [-0.4, -0.2) is 47.9 Å². The summed E-state index contributed by atoms with van der Waals surface area (Å²) in [5.74, 6) is 0. The maximum absolute atomic E-state index is 12.4. The molecule has 18 nitrogen and oxygen atoms in total. The monoisotopic (exact) mass is 595 g/mol. The Kier molecular flexibility index (Phi) is 9.44. The molecule has 0 saturated carbocycles. The summed E-state index contributed by atoms with van der Waals surface area (Å²) < 4.78 is 52.6. The van der Waals surface area contributed by atoms with Gasteiger partial charge in [0, 0.05) is 17.5 Å². The number of nitrogens with one attached hydrogen (secondary N) is 1. The number of hydrogen-bond acceptors (Lipinski definition) is 10. The lowest BCUT2D eigenvalue weighted by molar-refractivity contribution is -0.0267. The molecule has 5 atom stereocenters. The Hall–Kier alpha value is -2.68. The van der Waals surface area contributed by atoms with E-state index in [1.807, 2.05) is 6.07 Å². The smallest absolute Gasteiger partial charge is 0.352 e. The average molecular weight is 595 g/mol. The number of phosphoric acid groups is 3. The lowest BCUT2D eigenvalue weighted by Gasteiger charge is -2.19. The molecular weight excluding hydrogens is 575 g/mol. The molecular formula is C17H20N5O13P3. The fraction of sp³-hybridized carbons (Fsp3) is 0.294. The normalized spacial score (nSPS) is 23.0. The summed E-state index contributed by atoms with van der Waals surface area (Å²) in [4.78, 5) is 65.5. The molecule has 38 heavy (non-hydrogen) atoms. The molecule has 0 amide bonds. The van der Waals surface area contributed by atoms with Crippen LogP contribution in [0.25, 0.3) is 22.6 Å². The van der Waals surface area contributed by atoms with Gasteiger partial charge < -0.3 is 24.3 Å². The highest BCUT2D eigenvalue weighted by Crippen LogP contribution is 2.66. The molecule has 3 rings (SSSR count). The van der Waals surface area contributed by atoms with E-state index in [9.17, 15) is 33.1 Å². The minimum absolute atomic E-state index is 0.0779. The molecule has 1 aliphatic heterocycles. The predicted octanol–water partition coefficient (Wildman–Crippen LogP) is 2.02. The van der Waals surface area contributed by atoms with Gasteiger partial charge >= 0.3 is 29.2 Å². The van der Waals surface area contributed by atoms with Gasteiger partial charge in [-0.3, -0.25) is 18.9 Å². The number of aromatic nitrogens is 2. The van der Waals surface area contributed by atoms with Crippen LogP contribution in [0.4, 0.5) is 0 Å². The molecule has 0 bridgehead atoms. The Morgan fingerprint density at radius 2 is 1.79 bits per heavy atom. The highest BCUT2D eigenvalue weighted by molar-refractivity contribution is 7.66. The van der Waals surface area contributed by atoms with Crippen molar-refractivity contribution in [3.05, 3.63) is 78.9 Å². The van der Waals surface area contributed by atoms with Crippen molar-refractivity contribution >= 4 is 35.6 Å². The second-order valence-corrected chi connectivity index (χ2v) is 11.9. The minimum Gasteiger partial charge on any atom is -0.352 e. The molecule has 0 aliphatic carbocycles. The molecule has 5 N–H and O–H groups in total. The van der Waals surface area contributed by atoms with E-state index in [1.165, 1.54) is 12.3 Å². The summed E-state index contributed by atoms with van der Waals surface area (Å²) in [6.07, 6.45) is 1.68. The number of aromatic amines is 1. The number of phosphoric ester groups is 1. The number of hydrogen-bond donors (Lipinski definition) is 5. The van der Waals surface area contributed by atoms with Crippen LogP contribution in [0.3, 0.4) is 0 Å². The molecule has 1 aliphatic rings. The first-order chi connectivity index (χ1) is 17.7. The molecule has 206 valence electrons. The summed E-state index contributed by atoms with van der Waals surface area (Å²) in [6.45, 7) is -0.900. The fourth-order valence-electron chi connectivity index (χ4n) is 3.28. The van der Waals surface area contributed by atoms with E-state index in [-0.39, 0.29) is 12.0 Å². The maximum Gasteiger partial charge on any atom is 0.490 e. The maximum atomic E-state index is 12.4. The molecule has 0 spiro atoms. The predicted molar refractivity (Wildman–Crippen MR) is 128 cm³/mol. The Labute approximate surface area is 212 Å². The molecule has 21 heteroatoms. The van der Waals surface area contributed by atoms with Crippen molar-refractivity contribution in [2.75, 3.05) is 6.61 Å². The van der Waals surface area contributed by atoms with Crippen LogP contribution in [0.1, 0.15) is 23.8 Å². The molecule has 2 aromatic rings. The van der Waals surface area contributed by atoms with E-state index in [0.717, 1.165) is 10.1 Å². The lowest BCUT2D eigenvalue weighted by Crippen LogP contribution is -2.33. The van der Waals surface area contributed by atoms with Crippen LogP contribution >= 0.6 is 23.5 Å². The van der Waals surface area contributed by atoms with Crippen LogP contribution in [0.2, 0.25) is 0 Å². The fourth-order valence-corrected chi connectivity index (χ4v) is 6.31. The van der Waals surface area contributed by atoms with E-state index in [1.54, 1.807) is 30.3 Å². The lowest BCUT2D eigenvalue weighted by atomic mass is 10.1. The van der Waals surface area contributed by atoms with Gasteiger partial charge in [-0.25, -0.2) is 18.5 Å². The van der Waals surface area contributed by atoms with Crippen LogP contribution in [-0.2, 0) is 31.6 Å². The van der Waals surface area contributed by atoms with Crippen LogP contribution in [0.5, 0.6) is 0 Å². The van der Waals surface area contributed by atoms with E-state index in [2.05, 4.69) is 28.2 Å². The van der Waals surface area contributed by atoms with Gasteiger partial charge in [-0.2, -0.15) is 8.62 Å². The van der Waals surface area contributed by atoms with Crippen molar-refractivity contribution in [3.8, 4) is 0 Å². The third kappa shape index (κ3) is 8.68. The quantitative estimate of drug-likeness (QED) is 0.108. The van der Waals surface area contributed by atoms with Crippen molar-refractivity contribution in [1.29, 1.82) is 0 Å². The van der Waals surface area contributed by atoms with Crippen LogP contribution < -0.4 is 11.2 Å². The Morgan fingerprint density at radius 3 is 2.42 bits per heavy atom. The van der Waals surface area contributed by atoms with E-state index < -0.39 is 59.7 Å². The Bertz CT molecular complexity index is 1500. The summed E-state index contributed by atoms with van der Waals surface area (Å²) in [5.41, 5.74) is 8.15. The van der Waals surface area contributed by atoms with E-state index >= 15 is 0 Å². The zero-order valence-electron chi connectivity index (χ0n) is 18.9. The third-order valence-corrected chi connectivity index (χ3v) is 8.59. The zero-order valence-corrected chi connectivity index (χ0v) is 21.5. The van der Waals surface area contributed by atoms with Crippen molar-refractivity contribution in [3.63, 3.8) is 0 Å². The Balaban J connectivity index is 1.77. The summed E-state index contributed by atoms with van der Waals surface area (Å²) in [5, 5.41) is 3.48. The van der Waals surface area contributed by atoms with Crippen LogP contribution in [0.15, 0.2) is 51.2 Å². The van der Waals surface area contributed by atoms with Gasteiger partial charge in [0.25, 0.3) is 5.56 Å². The number of benzene rings is 1. The summed E-state index contributed by atoms with van der Waals surface area (Å²) in [7, 11) is -16.8. The standard InChI is InChI=1S/C17H20N5O13P3/c18-21-20-13-8-15(33-14(13)10-32-37(28,29)35-38(30,31)34-36(25,26)27)22-9-12(16(23)19-17(22)24)7-6-11-4-2-1-3-5-11/h1-7,9,13-15H,8,10H2,(H,28,29)(H,30,31)(H,19,23,24)(H2,25,26,27)/b7-6+/t13-,14+,15+/m0/s1. The van der Waals surface area contributed by atoms with Gasteiger partial charge in [0.2, 0.25) is 0 Å². The number of rotatable bonds is 11. The van der Waals surface area contributed by atoms with Gasteiger partial charge in [-0.1, -0.05) is 41.5 Å². The largest absolute Gasteiger partial charge is 0.490 e. The first-order valence-electron chi connectivity index (χ1n) is 10.2. The Morgan fingerprint density at radius 1 is 1.11 bits per heavy atom. The highest BCUT2D eigenvalue weighted by Gasteiger charge is 2.43. The van der Waals surface area contributed by atoms with Crippen molar-refractivity contribution in [2.24, 2.45) is 5.11 Å². The third-order valence-electron chi connectivity index (χ3n) is 4.78. The van der Waals surface area contributed by atoms with Gasteiger partial charge in [0.1, 0.15) is 6.23 Å². The highest BCUT2D eigenvalue weighted by atomic mass is 31.3. The van der Waals surface area contributed by atoms with Crippen molar-refractivity contribution < 1.29 is 51.2 Å². The van der Waals surface area contributed by atoms with Gasteiger partial charge in [-0.15, -0.1) is 0 Å². The zero-order chi connectivity index (χ0) is 28.1. The number of azide groups is 1. The summed E-state index contributed by atoms with van der Waals surface area (Å²) >= 11 is 0. The number of H-pyrrole nitrogens is 1. The molecule has 1 aromatic heterocycles. The molecule has 0 radical (unpaired) electrons. The molecule has 1 fully saturated rings. The molecule has 1 aromatic carbocycles. The number of ether oxygens (including phenoxy) is 1. The topological polar surface area (TPSA) is 273 Å².